The molecule has 0 atom stereocenters. The topological polar surface area (TPSA) is 17.1 Å². The number of hydrogen-bond donors (Lipinski definition) is 0. The van der Waals surface area contributed by atoms with Crippen LogP contribution in [0.4, 0.5) is 0 Å². The summed E-state index contributed by atoms with van der Waals surface area (Å²) in [6.45, 7) is 0. The van der Waals surface area contributed by atoms with E-state index in [1.54, 1.807) is 0 Å². The molecule has 0 bridgehead atoms. The van der Waals surface area contributed by atoms with E-state index in [9.17, 15) is 4.79 Å². The Hall–Kier alpha value is -1.89. The lowest BCUT2D eigenvalue weighted by Crippen LogP contribution is -1.98. The fraction of sp³-hybridized carbons (Fsp3) is 0.133. The van der Waals surface area contributed by atoms with E-state index < -0.39 is 0 Å². The van der Waals surface area contributed by atoms with E-state index in [-0.39, 0.29) is 5.78 Å². The van der Waals surface area contributed by atoms with Crippen molar-refractivity contribution in [3.05, 3.63) is 59.7 Å². The Morgan fingerprint density at radius 3 is 2.12 bits per heavy atom. The molecule has 1 heteroatoms. The van der Waals surface area contributed by atoms with Gasteiger partial charge in [-0.05, 0) is 23.1 Å². The van der Waals surface area contributed by atoms with E-state index in [4.69, 9.17) is 0 Å². The first kappa shape index (κ1) is 9.34. The highest BCUT2D eigenvalue weighted by Gasteiger charge is 2.18. The number of rotatable bonds is 0. The molecule has 0 radical (unpaired) electrons. The first-order valence-electron chi connectivity index (χ1n) is 5.57. The van der Waals surface area contributed by atoms with Gasteiger partial charge in [-0.3, -0.25) is 4.79 Å². The van der Waals surface area contributed by atoms with Crippen LogP contribution in [0, 0.1) is 0 Å². The molecular weight excluding hydrogens is 196 g/mol. The van der Waals surface area contributed by atoms with Gasteiger partial charge in [-0.1, -0.05) is 48.5 Å². The number of aryl methyl sites for hydroxylation is 1. The third-order valence-electron chi connectivity index (χ3n) is 3.16. The van der Waals surface area contributed by atoms with Crippen molar-refractivity contribution in [2.75, 3.05) is 0 Å². The van der Waals surface area contributed by atoms with Crippen LogP contribution < -0.4 is 0 Å². The standard InChI is InChI=1S/C15H12O/c16-15-10-9-11-5-1-2-6-12(11)13-7-3-4-8-14(13)15/h1-8H,9-10H2. The SMILES string of the molecule is O=C1CCc2ccccc2-c2ccccc21. The van der Waals surface area contributed by atoms with E-state index in [1.165, 1.54) is 11.1 Å². The molecule has 0 unspecified atom stereocenters. The predicted molar refractivity (Wildman–Crippen MR) is 64.5 cm³/mol. The molecule has 1 aliphatic carbocycles. The van der Waals surface area contributed by atoms with Crippen LogP contribution in [-0.4, -0.2) is 5.78 Å². The minimum atomic E-state index is 0.256. The van der Waals surface area contributed by atoms with Gasteiger partial charge in [0.2, 0.25) is 0 Å². The minimum Gasteiger partial charge on any atom is -0.294 e. The zero-order chi connectivity index (χ0) is 11.0. The second-order valence-electron chi connectivity index (χ2n) is 4.13. The summed E-state index contributed by atoms with van der Waals surface area (Å²) in [5, 5.41) is 0. The molecule has 1 nitrogen and oxygen atoms in total. The zero-order valence-electron chi connectivity index (χ0n) is 8.94. The van der Waals surface area contributed by atoms with Gasteiger partial charge < -0.3 is 0 Å². The Morgan fingerprint density at radius 2 is 1.31 bits per heavy atom. The zero-order valence-corrected chi connectivity index (χ0v) is 8.94. The van der Waals surface area contributed by atoms with Crippen LogP contribution in [0.1, 0.15) is 22.3 Å². The fourth-order valence-corrected chi connectivity index (χ4v) is 2.35. The van der Waals surface area contributed by atoms with E-state index >= 15 is 0 Å². The van der Waals surface area contributed by atoms with E-state index in [0.717, 1.165) is 17.5 Å². The normalized spacial score (nSPS) is 13.9. The molecule has 0 aliphatic heterocycles. The van der Waals surface area contributed by atoms with Crippen molar-refractivity contribution in [3.8, 4) is 11.1 Å². The van der Waals surface area contributed by atoms with E-state index in [2.05, 4.69) is 12.1 Å². The van der Waals surface area contributed by atoms with Crippen molar-refractivity contribution in [2.45, 2.75) is 12.8 Å². The molecule has 0 N–H and O–H groups in total. The smallest absolute Gasteiger partial charge is 0.163 e. The van der Waals surface area contributed by atoms with Gasteiger partial charge in [0.05, 0.1) is 0 Å². The highest BCUT2D eigenvalue weighted by atomic mass is 16.1. The molecule has 0 fully saturated rings. The molecule has 0 saturated heterocycles. The van der Waals surface area contributed by atoms with E-state index in [1.807, 2.05) is 36.4 Å². The molecule has 1 aliphatic rings. The molecule has 0 aromatic heterocycles. The van der Waals surface area contributed by atoms with Crippen molar-refractivity contribution in [3.63, 3.8) is 0 Å². The predicted octanol–water partition coefficient (Wildman–Crippen LogP) is 3.48. The summed E-state index contributed by atoms with van der Waals surface area (Å²) in [7, 11) is 0. The van der Waals surface area contributed by atoms with E-state index in [0.29, 0.717) is 6.42 Å². The molecule has 2 aromatic carbocycles. The van der Waals surface area contributed by atoms with Gasteiger partial charge in [0.1, 0.15) is 0 Å². The summed E-state index contributed by atoms with van der Waals surface area (Å²) >= 11 is 0. The molecule has 16 heavy (non-hydrogen) atoms. The number of hydrogen-bond acceptors (Lipinski definition) is 1. The van der Waals surface area contributed by atoms with Gasteiger partial charge in [0.25, 0.3) is 0 Å². The minimum absolute atomic E-state index is 0.256. The molecule has 2 aromatic rings. The van der Waals surface area contributed by atoms with Crippen LogP contribution >= 0.6 is 0 Å². The van der Waals surface area contributed by atoms with Crippen LogP contribution in [0.5, 0.6) is 0 Å². The Kier molecular flexibility index (Phi) is 2.10. The largest absolute Gasteiger partial charge is 0.294 e. The second-order valence-corrected chi connectivity index (χ2v) is 4.13. The number of Topliss-reactive ketones (excluding diaryl/α,β-unsaturated/α-hetero) is 1. The average Bonchev–Trinajstić information content (AvgIpc) is 2.49. The van der Waals surface area contributed by atoms with Crippen molar-refractivity contribution in [1.82, 2.24) is 0 Å². The Morgan fingerprint density at radius 1 is 0.688 bits per heavy atom. The lowest BCUT2D eigenvalue weighted by atomic mass is 9.97. The van der Waals surface area contributed by atoms with Gasteiger partial charge in [-0.25, -0.2) is 0 Å². The summed E-state index contributed by atoms with van der Waals surface area (Å²) in [5.74, 6) is 0.256. The van der Waals surface area contributed by atoms with Gasteiger partial charge in [0, 0.05) is 12.0 Å². The summed E-state index contributed by atoms with van der Waals surface area (Å²) in [4.78, 5) is 12.0. The number of carbonyl (C=O) groups is 1. The number of fused-ring (bicyclic) bond motifs is 3. The third kappa shape index (κ3) is 1.36. The molecule has 0 heterocycles. The van der Waals surface area contributed by atoms with Crippen LogP contribution in [0.3, 0.4) is 0 Å². The maximum atomic E-state index is 12.0. The lowest BCUT2D eigenvalue weighted by Gasteiger charge is -2.07. The highest BCUT2D eigenvalue weighted by Crippen LogP contribution is 2.31. The maximum Gasteiger partial charge on any atom is 0.163 e. The van der Waals surface area contributed by atoms with Gasteiger partial charge in [0.15, 0.2) is 5.78 Å². The average molecular weight is 208 g/mol. The first-order chi connectivity index (χ1) is 7.86. The molecule has 0 spiro atoms. The van der Waals surface area contributed by atoms with Gasteiger partial charge in [-0.2, -0.15) is 0 Å². The van der Waals surface area contributed by atoms with Gasteiger partial charge >= 0.3 is 0 Å². The molecule has 3 rings (SSSR count). The van der Waals surface area contributed by atoms with Gasteiger partial charge in [-0.15, -0.1) is 0 Å². The number of benzene rings is 2. The van der Waals surface area contributed by atoms with Crippen LogP contribution in [0.25, 0.3) is 11.1 Å². The summed E-state index contributed by atoms with van der Waals surface area (Å²) < 4.78 is 0. The van der Waals surface area contributed by atoms with Crippen molar-refractivity contribution < 1.29 is 4.79 Å². The van der Waals surface area contributed by atoms with Crippen molar-refractivity contribution in [1.29, 1.82) is 0 Å². The summed E-state index contributed by atoms with van der Waals surface area (Å²) in [6, 6.07) is 16.2. The Balaban J connectivity index is 2.32. The summed E-state index contributed by atoms with van der Waals surface area (Å²) in [6.07, 6.45) is 1.47. The molecule has 78 valence electrons. The summed E-state index contributed by atoms with van der Waals surface area (Å²) in [5.41, 5.74) is 4.44. The lowest BCUT2D eigenvalue weighted by molar-refractivity contribution is 0.0984. The third-order valence-corrected chi connectivity index (χ3v) is 3.16. The second kappa shape index (κ2) is 3.60. The molecule has 0 amide bonds. The van der Waals surface area contributed by atoms with Crippen molar-refractivity contribution in [2.24, 2.45) is 0 Å². The maximum absolute atomic E-state index is 12.0. The quantitative estimate of drug-likeness (QED) is 0.647. The van der Waals surface area contributed by atoms with Crippen molar-refractivity contribution >= 4 is 5.78 Å². The fourth-order valence-electron chi connectivity index (χ4n) is 2.35. The highest BCUT2D eigenvalue weighted by molar-refractivity contribution is 6.03. The van der Waals surface area contributed by atoms with Crippen LogP contribution in [0.15, 0.2) is 48.5 Å². The van der Waals surface area contributed by atoms with Crippen LogP contribution in [-0.2, 0) is 6.42 Å². The number of carbonyl (C=O) groups excluding carboxylic acids is 1. The number of ketones is 1. The van der Waals surface area contributed by atoms with Crippen LogP contribution in [0.2, 0.25) is 0 Å². The molecule has 0 saturated carbocycles. The monoisotopic (exact) mass is 208 g/mol. The first-order valence-corrected chi connectivity index (χ1v) is 5.57. The molecular formula is C15H12O. The Bertz CT molecular complexity index is 555. The Labute approximate surface area is 94.7 Å².